The second kappa shape index (κ2) is 7.83. The van der Waals surface area contributed by atoms with Gasteiger partial charge in [0.05, 0.1) is 5.56 Å². The SMILES string of the molecule is CC(C)(C)c1nc(-c2c(NC(=O)C3=C(C(=O)O)C4CCC3CC4)sc3c2CCCC3)no1. The van der Waals surface area contributed by atoms with E-state index in [1.54, 1.807) is 11.3 Å². The molecule has 0 spiro atoms. The molecule has 1 fully saturated rings. The highest BCUT2D eigenvalue weighted by Gasteiger charge is 2.41. The zero-order valence-electron chi connectivity index (χ0n) is 18.8. The summed E-state index contributed by atoms with van der Waals surface area (Å²) in [4.78, 5) is 31.3. The molecule has 0 saturated heterocycles. The summed E-state index contributed by atoms with van der Waals surface area (Å²) >= 11 is 1.57. The van der Waals surface area contributed by atoms with E-state index in [4.69, 9.17) is 4.52 Å². The molecule has 170 valence electrons. The largest absolute Gasteiger partial charge is 0.478 e. The molecule has 32 heavy (non-hydrogen) atoms. The Morgan fingerprint density at radius 2 is 1.72 bits per heavy atom. The number of aryl methyl sites for hydroxylation is 1. The lowest BCUT2D eigenvalue weighted by Crippen LogP contribution is -2.35. The van der Waals surface area contributed by atoms with E-state index in [1.807, 2.05) is 20.8 Å². The molecule has 2 aromatic rings. The zero-order chi connectivity index (χ0) is 22.6. The van der Waals surface area contributed by atoms with Crippen LogP contribution in [0.15, 0.2) is 15.7 Å². The highest BCUT2D eigenvalue weighted by molar-refractivity contribution is 7.17. The second-order valence-electron chi connectivity index (χ2n) is 10.2. The lowest BCUT2D eigenvalue weighted by molar-refractivity contribution is -0.134. The molecule has 0 aliphatic heterocycles. The van der Waals surface area contributed by atoms with Crippen molar-refractivity contribution in [2.45, 2.75) is 77.6 Å². The van der Waals surface area contributed by atoms with Crippen LogP contribution in [-0.4, -0.2) is 27.1 Å². The van der Waals surface area contributed by atoms with E-state index in [2.05, 4.69) is 15.5 Å². The molecule has 2 aromatic heterocycles. The van der Waals surface area contributed by atoms with E-state index >= 15 is 0 Å². The summed E-state index contributed by atoms with van der Waals surface area (Å²) in [6.45, 7) is 6.07. The monoisotopic (exact) mass is 455 g/mol. The van der Waals surface area contributed by atoms with Crippen LogP contribution in [0.4, 0.5) is 5.00 Å². The summed E-state index contributed by atoms with van der Waals surface area (Å²) in [5, 5.41) is 17.9. The number of aromatic nitrogens is 2. The Morgan fingerprint density at radius 1 is 1.06 bits per heavy atom. The van der Waals surface area contributed by atoms with Crippen molar-refractivity contribution in [3.63, 3.8) is 0 Å². The van der Waals surface area contributed by atoms with E-state index in [1.165, 1.54) is 10.4 Å². The van der Waals surface area contributed by atoms with Gasteiger partial charge in [-0.05, 0) is 68.8 Å². The van der Waals surface area contributed by atoms with Gasteiger partial charge in [-0.2, -0.15) is 4.98 Å². The average Bonchev–Trinajstić information content (AvgIpc) is 3.38. The molecule has 0 atom stereocenters. The molecule has 2 heterocycles. The molecule has 4 aliphatic carbocycles. The Hall–Kier alpha value is -2.48. The first-order valence-corrected chi connectivity index (χ1v) is 12.3. The first-order chi connectivity index (χ1) is 15.2. The number of carbonyl (C=O) groups is 2. The minimum atomic E-state index is -0.955. The van der Waals surface area contributed by atoms with Crippen molar-refractivity contribution in [3.05, 3.63) is 27.5 Å². The van der Waals surface area contributed by atoms with Crippen LogP contribution in [0.1, 0.15) is 75.6 Å². The van der Waals surface area contributed by atoms with Crippen LogP contribution < -0.4 is 5.32 Å². The van der Waals surface area contributed by atoms with E-state index < -0.39 is 5.97 Å². The van der Waals surface area contributed by atoms with Gasteiger partial charge in [0, 0.05) is 21.4 Å². The normalized spacial score (nSPS) is 22.7. The first kappa shape index (κ1) is 21.4. The van der Waals surface area contributed by atoms with Crippen molar-refractivity contribution in [1.82, 2.24) is 10.1 Å². The molecular weight excluding hydrogens is 426 g/mol. The molecule has 7 nitrogen and oxygen atoms in total. The Morgan fingerprint density at radius 3 is 2.34 bits per heavy atom. The number of carboxylic acids is 1. The molecule has 2 N–H and O–H groups in total. The minimum absolute atomic E-state index is 0.0131. The van der Waals surface area contributed by atoms with Gasteiger partial charge in [0.25, 0.3) is 5.91 Å². The number of hydrogen-bond donors (Lipinski definition) is 2. The van der Waals surface area contributed by atoms with Crippen molar-refractivity contribution in [2.24, 2.45) is 11.8 Å². The maximum absolute atomic E-state index is 13.4. The van der Waals surface area contributed by atoms with Crippen molar-refractivity contribution in [3.8, 4) is 11.4 Å². The van der Waals surface area contributed by atoms with Gasteiger partial charge in [-0.25, -0.2) is 4.79 Å². The van der Waals surface area contributed by atoms with Crippen molar-refractivity contribution >= 4 is 28.2 Å². The summed E-state index contributed by atoms with van der Waals surface area (Å²) in [6.07, 6.45) is 7.60. The lowest BCUT2D eigenvalue weighted by atomic mass is 9.66. The van der Waals surface area contributed by atoms with Gasteiger partial charge in [0.15, 0.2) is 0 Å². The van der Waals surface area contributed by atoms with Crippen LogP contribution in [-0.2, 0) is 27.8 Å². The standard InChI is InChI=1S/C24H29N3O4S/c1-24(2,3)23-25-19(27-31-23)18-14-6-4-5-7-15(14)32-21(18)26-20(28)16-12-8-10-13(11-9-12)17(16)22(29)30/h12-13H,4-11H2,1-3H3,(H,26,28)(H,29,30). The number of nitrogens with one attached hydrogen (secondary N) is 1. The average molecular weight is 456 g/mol. The fourth-order valence-corrected chi connectivity index (χ4v) is 6.68. The van der Waals surface area contributed by atoms with Gasteiger partial charge in [-0.3, -0.25) is 4.79 Å². The molecule has 0 radical (unpaired) electrons. The third-order valence-electron chi connectivity index (χ3n) is 7.00. The van der Waals surface area contributed by atoms with Crippen LogP contribution in [0.3, 0.4) is 0 Å². The molecule has 4 aliphatic rings. The minimum Gasteiger partial charge on any atom is -0.478 e. The lowest BCUT2D eigenvalue weighted by Gasteiger charge is -2.37. The van der Waals surface area contributed by atoms with Crippen molar-refractivity contribution < 1.29 is 19.2 Å². The Bertz CT molecular complexity index is 1110. The number of carbonyl (C=O) groups excluding carboxylic acids is 1. The summed E-state index contributed by atoms with van der Waals surface area (Å²) < 4.78 is 5.55. The maximum atomic E-state index is 13.4. The smallest absolute Gasteiger partial charge is 0.332 e. The van der Waals surface area contributed by atoms with Gasteiger partial charge < -0.3 is 14.9 Å². The molecule has 0 aromatic carbocycles. The first-order valence-electron chi connectivity index (χ1n) is 11.5. The molecule has 0 unspecified atom stereocenters. The molecule has 1 saturated carbocycles. The van der Waals surface area contributed by atoms with Crippen LogP contribution in [0, 0.1) is 11.8 Å². The summed E-state index contributed by atoms with van der Waals surface area (Å²) in [5.41, 5.74) is 2.56. The topological polar surface area (TPSA) is 105 Å². The molecule has 8 heteroatoms. The van der Waals surface area contributed by atoms with E-state index in [9.17, 15) is 14.7 Å². The third-order valence-corrected chi connectivity index (χ3v) is 8.21. The molecule has 2 bridgehead atoms. The van der Waals surface area contributed by atoms with Crippen LogP contribution in [0.2, 0.25) is 0 Å². The molecule has 6 rings (SSSR count). The summed E-state index contributed by atoms with van der Waals surface area (Å²) in [6, 6.07) is 0. The highest BCUT2D eigenvalue weighted by atomic mass is 32.1. The van der Waals surface area contributed by atoms with Crippen LogP contribution in [0.25, 0.3) is 11.4 Å². The highest BCUT2D eigenvalue weighted by Crippen LogP contribution is 2.47. The van der Waals surface area contributed by atoms with Gasteiger partial charge in [0.1, 0.15) is 5.00 Å². The van der Waals surface area contributed by atoms with Crippen LogP contribution in [0.5, 0.6) is 0 Å². The summed E-state index contributed by atoms with van der Waals surface area (Å²) in [7, 11) is 0. The fraction of sp³-hybridized carbons (Fsp3) is 0.583. The van der Waals surface area contributed by atoms with E-state index in [0.717, 1.165) is 56.9 Å². The quantitative estimate of drug-likeness (QED) is 0.663. The number of anilines is 1. The van der Waals surface area contributed by atoms with Crippen molar-refractivity contribution in [2.75, 3.05) is 5.32 Å². The Balaban J connectivity index is 1.55. The number of aliphatic carboxylic acids is 1. The Labute approximate surface area is 191 Å². The predicted octanol–water partition coefficient (Wildman–Crippen LogP) is 5.11. The number of amides is 1. The van der Waals surface area contributed by atoms with E-state index in [-0.39, 0.29) is 23.2 Å². The number of hydrogen-bond acceptors (Lipinski definition) is 6. The van der Waals surface area contributed by atoms with Crippen molar-refractivity contribution in [1.29, 1.82) is 0 Å². The van der Waals surface area contributed by atoms with Crippen LogP contribution >= 0.6 is 11.3 Å². The fourth-order valence-electron chi connectivity index (χ4n) is 5.40. The van der Waals surface area contributed by atoms with Gasteiger partial charge in [-0.15, -0.1) is 11.3 Å². The number of carboxylic acid groups (broad SMARTS) is 1. The summed E-state index contributed by atoms with van der Waals surface area (Å²) in [5.74, 6) is -0.162. The maximum Gasteiger partial charge on any atom is 0.332 e. The molecular formula is C24H29N3O4S. The second-order valence-corrected chi connectivity index (χ2v) is 11.3. The zero-order valence-corrected chi connectivity index (χ0v) is 19.6. The van der Waals surface area contributed by atoms with Gasteiger partial charge >= 0.3 is 5.97 Å². The third kappa shape index (κ3) is 3.58. The Kier molecular flexibility index (Phi) is 5.23. The van der Waals surface area contributed by atoms with Gasteiger partial charge in [-0.1, -0.05) is 25.9 Å². The number of fused-ring (bicyclic) bond motifs is 3. The number of thiophene rings is 1. The predicted molar refractivity (Wildman–Crippen MR) is 122 cm³/mol. The number of rotatable bonds is 4. The van der Waals surface area contributed by atoms with Gasteiger partial charge in [0.2, 0.25) is 11.7 Å². The number of nitrogens with zero attached hydrogens (tertiary/aromatic N) is 2. The molecule has 1 amide bonds. The van der Waals surface area contributed by atoms with E-state index in [0.29, 0.717) is 27.9 Å².